The maximum absolute atomic E-state index is 10.5. The summed E-state index contributed by atoms with van der Waals surface area (Å²) in [5.74, 6) is 0. The summed E-state index contributed by atoms with van der Waals surface area (Å²) >= 11 is 0. The van der Waals surface area contributed by atoms with Crippen molar-refractivity contribution in [2.75, 3.05) is 0 Å². The molecule has 0 aliphatic carbocycles. The van der Waals surface area contributed by atoms with Crippen molar-refractivity contribution in [2.45, 2.75) is 0 Å². The van der Waals surface area contributed by atoms with Gasteiger partial charge in [-0.2, -0.15) is 0 Å². The number of carbonyl (C=O) groups excluding carboxylic acids is 1. The van der Waals surface area contributed by atoms with Crippen molar-refractivity contribution in [1.29, 1.82) is 0 Å². The topological polar surface area (TPSA) is 73.1 Å². The largest absolute Gasteiger partial charge is 0.296 e. The summed E-state index contributed by atoms with van der Waals surface area (Å²) in [4.78, 5) is 24.5. The van der Waals surface area contributed by atoms with Crippen LogP contribution in [0.15, 0.2) is 30.3 Å². The second kappa shape index (κ2) is 3.45. The summed E-state index contributed by atoms with van der Waals surface area (Å²) in [6, 6.07) is 7.64. The van der Waals surface area contributed by atoms with Gasteiger partial charge in [-0.25, -0.2) is 4.98 Å². The Morgan fingerprint density at radius 3 is 2.67 bits per heavy atom. The van der Waals surface area contributed by atoms with E-state index in [1.165, 1.54) is 12.1 Å². The van der Waals surface area contributed by atoms with Gasteiger partial charge in [0.2, 0.25) is 0 Å². The molecule has 0 spiro atoms. The van der Waals surface area contributed by atoms with Crippen molar-refractivity contribution in [2.24, 2.45) is 0 Å². The minimum atomic E-state index is -0.491. The summed E-state index contributed by atoms with van der Waals surface area (Å²) in [5, 5.41) is 11.3. The predicted molar refractivity (Wildman–Crippen MR) is 53.8 cm³/mol. The van der Waals surface area contributed by atoms with Crippen LogP contribution < -0.4 is 0 Å². The molecule has 1 aromatic carbocycles. The van der Waals surface area contributed by atoms with E-state index >= 15 is 0 Å². The van der Waals surface area contributed by atoms with E-state index < -0.39 is 4.92 Å². The van der Waals surface area contributed by atoms with Gasteiger partial charge in [0.05, 0.1) is 10.4 Å². The van der Waals surface area contributed by atoms with Crippen molar-refractivity contribution >= 4 is 22.9 Å². The Morgan fingerprint density at radius 2 is 2.00 bits per heavy atom. The summed E-state index contributed by atoms with van der Waals surface area (Å²) < 4.78 is 0. The van der Waals surface area contributed by atoms with Gasteiger partial charge in [-0.15, -0.1) is 0 Å². The fourth-order valence-corrected chi connectivity index (χ4v) is 1.30. The highest BCUT2D eigenvalue weighted by atomic mass is 16.6. The summed E-state index contributed by atoms with van der Waals surface area (Å²) in [7, 11) is 0. The molecule has 1 heterocycles. The molecule has 15 heavy (non-hydrogen) atoms. The van der Waals surface area contributed by atoms with E-state index in [0.717, 1.165) is 5.39 Å². The molecule has 0 saturated heterocycles. The molecule has 2 rings (SSSR count). The lowest BCUT2D eigenvalue weighted by Crippen LogP contribution is -1.90. The van der Waals surface area contributed by atoms with Gasteiger partial charge in [0.1, 0.15) is 5.69 Å². The Balaban J connectivity index is 2.67. The highest BCUT2D eigenvalue weighted by Gasteiger charge is 2.06. The smallest absolute Gasteiger partial charge is 0.271 e. The molecule has 0 N–H and O–H groups in total. The van der Waals surface area contributed by atoms with Crippen LogP contribution in [0.1, 0.15) is 10.5 Å². The zero-order valence-corrected chi connectivity index (χ0v) is 7.58. The van der Waals surface area contributed by atoms with Crippen LogP contribution in [0, 0.1) is 10.1 Å². The van der Waals surface area contributed by atoms with E-state index in [2.05, 4.69) is 4.98 Å². The zero-order chi connectivity index (χ0) is 10.8. The van der Waals surface area contributed by atoms with E-state index in [0.29, 0.717) is 11.8 Å². The van der Waals surface area contributed by atoms with Gasteiger partial charge < -0.3 is 0 Å². The minimum Gasteiger partial charge on any atom is -0.296 e. The first-order chi connectivity index (χ1) is 7.20. The van der Waals surface area contributed by atoms with Crippen LogP contribution in [0.5, 0.6) is 0 Å². The maximum atomic E-state index is 10.5. The Bertz CT molecular complexity index is 551. The second-order valence-electron chi connectivity index (χ2n) is 2.99. The Hall–Kier alpha value is -2.30. The van der Waals surface area contributed by atoms with Crippen LogP contribution in [-0.2, 0) is 0 Å². The monoisotopic (exact) mass is 202 g/mol. The number of carbonyl (C=O) groups is 1. The van der Waals surface area contributed by atoms with Crippen LogP contribution in [0.3, 0.4) is 0 Å². The highest BCUT2D eigenvalue weighted by Crippen LogP contribution is 2.19. The fraction of sp³-hybridized carbons (Fsp3) is 0. The van der Waals surface area contributed by atoms with Crippen LogP contribution >= 0.6 is 0 Å². The van der Waals surface area contributed by atoms with Crippen molar-refractivity contribution in [3.8, 4) is 0 Å². The quantitative estimate of drug-likeness (QED) is 0.424. The molecule has 1 aromatic heterocycles. The van der Waals surface area contributed by atoms with Gasteiger partial charge >= 0.3 is 0 Å². The van der Waals surface area contributed by atoms with E-state index in [9.17, 15) is 14.9 Å². The van der Waals surface area contributed by atoms with E-state index in [-0.39, 0.29) is 11.4 Å². The first kappa shape index (κ1) is 9.26. The number of aromatic nitrogens is 1. The lowest BCUT2D eigenvalue weighted by molar-refractivity contribution is -0.384. The molecular weight excluding hydrogens is 196 g/mol. The molecule has 0 saturated carbocycles. The van der Waals surface area contributed by atoms with E-state index in [4.69, 9.17) is 0 Å². The molecule has 0 radical (unpaired) electrons. The number of pyridine rings is 1. The first-order valence-electron chi connectivity index (χ1n) is 4.21. The third-order valence-corrected chi connectivity index (χ3v) is 2.03. The standard InChI is InChI=1S/C10H6N2O3/c13-6-8-3-1-7-2-4-9(12(14)15)5-10(7)11-8/h1-6H. The van der Waals surface area contributed by atoms with Crippen LogP contribution in [-0.4, -0.2) is 16.2 Å². The van der Waals surface area contributed by atoms with Gasteiger partial charge in [0.15, 0.2) is 6.29 Å². The first-order valence-corrected chi connectivity index (χ1v) is 4.21. The molecule has 5 nitrogen and oxygen atoms in total. The zero-order valence-electron chi connectivity index (χ0n) is 7.58. The van der Waals surface area contributed by atoms with Crippen molar-refractivity contribution in [1.82, 2.24) is 4.98 Å². The molecular formula is C10H6N2O3. The minimum absolute atomic E-state index is 0.0296. The van der Waals surface area contributed by atoms with E-state index in [1.54, 1.807) is 18.2 Å². The predicted octanol–water partition coefficient (Wildman–Crippen LogP) is 1.96. The average Bonchev–Trinajstić information content (AvgIpc) is 2.27. The molecule has 2 aromatic rings. The Morgan fingerprint density at radius 1 is 1.27 bits per heavy atom. The summed E-state index contributed by atoms with van der Waals surface area (Å²) in [6.07, 6.45) is 0.609. The number of fused-ring (bicyclic) bond motifs is 1. The Kier molecular flexibility index (Phi) is 2.13. The number of hydrogen-bond acceptors (Lipinski definition) is 4. The Labute approximate surface area is 84.5 Å². The third kappa shape index (κ3) is 1.67. The number of rotatable bonds is 2. The average molecular weight is 202 g/mol. The fourth-order valence-electron chi connectivity index (χ4n) is 1.30. The second-order valence-corrected chi connectivity index (χ2v) is 2.99. The molecule has 5 heteroatoms. The summed E-state index contributed by atoms with van der Waals surface area (Å²) in [6.45, 7) is 0. The summed E-state index contributed by atoms with van der Waals surface area (Å²) in [5.41, 5.74) is 0.690. The van der Waals surface area contributed by atoms with Crippen LogP contribution in [0.25, 0.3) is 10.9 Å². The van der Waals surface area contributed by atoms with Gasteiger partial charge in [-0.05, 0) is 12.1 Å². The number of benzene rings is 1. The SMILES string of the molecule is O=Cc1ccc2ccc([N+](=O)[O-])cc2n1. The maximum Gasteiger partial charge on any atom is 0.271 e. The van der Waals surface area contributed by atoms with E-state index in [1.807, 2.05) is 0 Å². The molecule has 0 atom stereocenters. The molecule has 0 bridgehead atoms. The molecule has 0 unspecified atom stereocenters. The molecule has 0 aliphatic rings. The van der Waals surface area contributed by atoms with Crippen molar-refractivity contribution in [3.63, 3.8) is 0 Å². The normalized spacial score (nSPS) is 10.1. The van der Waals surface area contributed by atoms with Crippen molar-refractivity contribution in [3.05, 3.63) is 46.1 Å². The van der Waals surface area contributed by atoms with Gasteiger partial charge in [0, 0.05) is 17.5 Å². The lowest BCUT2D eigenvalue weighted by atomic mass is 10.2. The van der Waals surface area contributed by atoms with Gasteiger partial charge in [-0.1, -0.05) is 6.07 Å². The highest BCUT2D eigenvalue weighted by molar-refractivity contribution is 5.84. The number of non-ortho nitro benzene ring substituents is 1. The van der Waals surface area contributed by atoms with Gasteiger partial charge in [-0.3, -0.25) is 14.9 Å². The number of nitro benzene ring substituents is 1. The van der Waals surface area contributed by atoms with Gasteiger partial charge in [0.25, 0.3) is 5.69 Å². The molecule has 0 fully saturated rings. The number of aldehydes is 1. The number of nitro groups is 1. The number of hydrogen-bond donors (Lipinski definition) is 0. The lowest BCUT2D eigenvalue weighted by Gasteiger charge is -1.97. The molecule has 0 aliphatic heterocycles. The van der Waals surface area contributed by atoms with Crippen LogP contribution in [0.4, 0.5) is 5.69 Å². The molecule has 0 amide bonds. The number of nitrogens with zero attached hydrogens (tertiary/aromatic N) is 2. The van der Waals surface area contributed by atoms with Crippen molar-refractivity contribution < 1.29 is 9.72 Å². The third-order valence-electron chi connectivity index (χ3n) is 2.03. The van der Waals surface area contributed by atoms with Crippen LogP contribution in [0.2, 0.25) is 0 Å². The molecule has 74 valence electrons.